The predicted molar refractivity (Wildman–Crippen MR) is 167 cm³/mol. The molecule has 31 heteroatoms. The van der Waals surface area contributed by atoms with E-state index in [1.807, 2.05) is 0 Å². The summed E-state index contributed by atoms with van der Waals surface area (Å²) in [6.07, 6.45) is 0. The first kappa shape index (κ1) is 48.3. The van der Waals surface area contributed by atoms with Crippen LogP contribution in [0.15, 0.2) is 0 Å². The second kappa shape index (κ2) is 18.3. The van der Waals surface area contributed by atoms with E-state index in [4.69, 9.17) is 0 Å². The summed E-state index contributed by atoms with van der Waals surface area (Å²) in [5.74, 6) is -2.83. The largest absolute Gasteiger partial charge is 0.342 e. The van der Waals surface area contributed by atoms with Crippen molar-refractivity contribution in [1.29, 1.82) is 0 Å². The molecule has 3 amide bonds. The fourth-order valence-corrected chi connectivity index (χ4v) is 11.2. The Morgan fingerprint density at radius 2 is 0.551 bits per heavy atom. The van der Waals surface area contributed by atoms with Crippen molar-refractivity contribution in [1.82, 2.24) is 19.6 Å². The second-order valence-electron chi connectivity index (χ2n) is 10.7. The molecule has 290 valence electrons. The lowest BCUT2D eigenvalue weighted by Gasteiger charge is -2.34. The molecular formula is C18H42N4O21P6. The number of nitrogens with zero attached hydrogens (tertiary/aromatic N) is 4. The molecule has 0 radical (unpaired) electrons. The standard InChI is InChI=1S/C18H42N4O21P6/c1-13(23)20(10-16(44(26,27)28)45(29,30)31)7-4-19(5-8-21(14(2)24)11-17(46(32,33)34)47(35,36)37)6-9-22(15(3)25)12-18(48(38,39)40)49(41,42)43/h16-18H,4-12H2,1-3H3,(H2,26,27,28)(H2,29,30,31)(H2,32,33,34)(H2,35,36,37)(H2,38,39,40)(H2,41,42,43). The van der Waals surface area contributed by atoms with E-state index in [9.17, 15) is 100 Å². The maximum absolute atomic E-state index is 12.3. The van der Waals surface area contributed by atoms with E-state index in [0.717, 1.165) is 20.8 Å². The molecule has 12 N–H and O–H groups in total. The van der Waals surface area contributed by atoms with Crippen LogP contribution in [0.1, 0.15) is 20.8 Å². The molecule has 0 aromatic heterocycles. The number of carbonyl (C=O) groups excluding carboxylic acids is 3. The van der Waals surface area contributed by atoms with Gasteiger partial charge in [-0.1, -0.05) is 0 Å². The maximum atomic E-state index is 12.3. The van der Waals surface area contributed by atoms with Gasteiger partial charge in [-0.2, -0.15) is 0 Å². The Labute approximate surface area is 279 Å². The van der Waals surface area contributed by atoms with Crippen LogP contribution in [0.4, 0.5) is 0 Å². The smallest absolute Gasteiger partial charge is 0.340 e. The van der Waals surface area contributed by atoms with Crippen molar-refractivity contribution in [3.63, 3.8) is 0 Å². The van der Waals surface area contributed by atoms with Crippen LogP contribution >= 0.6 is 45.6 Å². The van der Waals surface area contributed by atoms with Crippen LogP contribution in [-0.4, -0.2) is 171 Å². The average Bonchev–Trinajstić information content (AvgIpc) is 2.82. The average molecular weight is 836 g/mol. The van der Waals surface area contributed by atoms with Gasteiger partial charge in [0.1, 0.15) is 0 Å². The second-order valence-corrected chi connectivity index (χ2v) is 22.7. The van der Waals surface area contributed by atoms with E-state index in [1.54, 1.807) is 0 Å². The minimum absolute atomic E-state index is 0.438. The van der Waals surface area contributed by atoms with Crippen molar-refractivity contribution >= 4 is 63.3 Å². The maximum Gasteiger partial charge on any atom is 0.342 e. The van der Waals surface area contributed by atoms with Crippen LogP contribution in [-0.2, 0) is 41.8 Å². The third kappa shape index (κ3) is 17.6. The van der Waals surface area contributed by atoms with Crippen molar-refractivity contribution in [2.45, 2.75) is 37.0 Å². The van der Waals surface area contributed by atoms with Gasteiger partial charge in [-0.15, -0.1) is 0 Å². The van der Waals surface area contributed by atoms with Crippen molar-refractivity contribution in [3.8, 4) is 0 Å². The highest BCUT2D eigenvalue weighted by atomic mass is 31.2. The lowest BCUT2D eigenvalue weighted by Crippen LogP contribution is -2.47. The first-order chi connectivity index (χ1) is 21.6. The fourth-order valence-electron chi connectivity index (χ4n) is 4.07. The summed E-state index contributed by atoms with van der Waals surface area (Å²) in [5, 5.41) is -7.94. The van der Waals surface area contributed by atoms with Gasteiger partial charge in [0.25, 0.3) is 0 Å². The summed E-state index contributed by atoms with van der Waals surface area (Å²) in [7, 11) is -33.1. The molecule has 0 saturated carbocycles. The summed E-state index contributed by atoms with van der Waals surface area (Å²) in [6.45, 7) is -3.92. The Kier molecular flexibility index (Phi) is 18.1. The van der Waals surface area contributed by atoms with Crippen molar-refractivity contribution in [2.24, 2.45) is 0 Å². The van der Waals surface area contributed by atoms with Gasteiger partial charge in [0, 0.05) is 79.7 Å². The minimum atomic E-state index is -5.51. The Balaban J connectivity index is 6.52. The van der Waals surface area contributed by atoms with Crippen LogP contribution < -0.4 is 0 Å². The number of hydrogen-bond acceptors (Lipinski definition) is 10. The monoisotopic (exact) mass is 836 g/mol. The predicted octanol–water partition coefficient (Wildman–Crippen LogP) is -3.12. The van der Waals surface area contributed by atoms with E-state index < -0.39 is 138 Å². The number of amides is 3. The van der Waals surface area contributed by atoms with Gasteiger partial charge in [0.05, 0.1) is 0 Å². The van der Waals surface area contributed by atoms with E-state index >= 15 is 0 Å². The summed E-state index contributed by atoms with van der Waals surface area (Å²) < 4.78 is 70.6. The van der Waals surface area contributed by atoms with E-state index in [-0.39, 0.29) is 0 Å². The van der Waals surface area contributed by atoms with E-state index in [1.165, 1.54) is 4.90 Å². The molecule has 49 heavy (non-hydrogen) atoms. The lowest BCUT2D eigenvalue weighted by molar-refractivity contribution is -0.129. The topological polar surface area (TPSA) is 409 Å². The first-order valence-electron chi connectivity index (χ1n) is 13.4. The molecule has 0 aromatic carbocycles. The molecule has 0 aromatic rings. The molecule has 0 spiro atoms. The zero-order chi connectivity index (χ0) is 39.1. The molecule has 0 fully saturated rings. The van der Waals surface area contributed by atoms with Crippen LogP contribution in [0.3, 0.4) is 0 Å². The van der Waals surface area contributed by atoms with E-state index in [0.29, 0.717) is 14.7 Å². The van der Waals surface area contributed by atoms with Gasteiger partial charge in [-0.3, -0.25) is 46.7 Å². The first-order valence-corrected chi connectivity index (χ1v) is 23.5. The Bertz CT molecular complexity index is 1220. The third-order valence-corrected chi connectivity index (χ3v) is 17.9. The van der Waals surface area contributed by atoms with E-state index in [2.05, 4.69) is 0 Å². The number of hydrogen-bond donors (Lipinski definition) is 12. The molecule has 25 nitrogen and oxygen atoms in total. The lowest BCUT2D eigenvalue weighted by atomic mass is 10.3. The Hall–Kier alpha value is -0.730. The number of carbonyl (C=O) groups is 3. The van der Waals surface area contributed by atoms with Crippen molar-refractivity contribution in [2.75, 3.05) is 58.9 Å². The quantitative estimate of drug-likeness (QED) is 0.0509. The van der Waals surface area contributed by atoms with Gasteiger partial charge in [0.2, 0.25) is 17.7 Å². The summed E-state index contributed by atoms with van der Waals surface area (Å²) in [6, 6.07) is 0. The van der Waals surface area contributed by atoms with Crippen LogP contribution in [0.5, 0.6) is 0 Å². The van der Waals surface area contributed by atoms with Gasteiger partial charge in [0.15, 0.2) is 16.2 Å². The molecule has 0 saturated heterocycles. The minimum Gasteiger partial charge on any atom is -0.340 e. The fraction of sp³-hybridized carbons (Fsp3) is 0.833. The van der Waals surface area contributed by atoms with Crippen molar-refractivity contribution < 1.29 is 100 Å². The molecule has 0 aliphatic rings. The Morgan fingerprint density at radius 3 is 0.673 bits per heavy atom. The Morgan fingerprint density at radius 1 is 0.388 bits per heavy atom. The summed E-state index contributed by atoms with van der Waals surface area (Å²) in [5.41, 5.74) is 0. The molecule has 0 unspecified atom stereocenters. The number of rotatable bonds is 21. The van der Waals surface area contributed by atoms with Crippen LogP contribution in [0.2, 0.25) is 0 Å². The molecule has 0 heterocycles. The molecule has 0 aliphatic heterocycles. The third-order valence-electron chi connectivity index (χ3n) is 6.88. The highest BCUT2D eigenvalue weighted by Gasteiger charge is 2.47. The van der Waals surface area contributed by atoms with Gasteiger partial charge in [-0.05, 0) is 0 Å². The molecule has 0 bridgehead atoms. The van der Waals surface area contributed by atoms with Gasteiger partial charge in [-0.25, -0.2) is 0 Å². The van der Waals surface area contributed by atoms with Gasteiger partial charge >= 0.3 is 45.6 Å². The molecule has 0 aliphatic carbocycles. The normalized spacial score (nSPS) is 13.8. The van der Waals surface area contributed by atoms with Crippen molar-refractivity contribution in [3.05, 3.63) is 0 Å². The highest BCUT2D eigenvalue weighted by Crippen LogP contribution is 2.61. The molecular weight excluding hydrogens is 794 g/mol. The van der Waals surface area contributed by atoms with Crippen LogP contribution in [0, 0.1) is 0 Å². The molecule has 0 rings (SSSR count). The van der Waals surface area contributed by atoms with Crippen LogP contribution in [0.25, 0.3) is 0 Å². The summed E-state index contributed by atoms with van der Waals surface area (Å²) >= 11 is 0. The zero-order valence-electron chi connectivity index (χ0n) is 26.1. The summed E-state index contributed by atoms with van der Waals surface area (Å²) in [4.78, 5) is 153. The SMILES string of the molecule is CC(=O)N(CCN(CCN(CC(P(=O)(O)O)P(=O)(O)O)C(C)=O)CCN(CC(P(=O)(O)O)P(=O)(O)O)C(C)=O)CC(P(=O)(O)O)P(=O)(O)O. The molecule has 0 atom stereocenters. The van der Waals surface area contributed by atoms with Gasteiger partial charge < -0.3 is 73.4 Å². The highest BCUT2D eigenvalue weighted by molar-refractivity contribution is 7.71. The zero-order valence-corrected chi connectivity index (χ0v) is 31.5.